The van der Waals surface area contributed by atoms with Gasteiger partial charge in [-0.1, -0.05) is 6.92 Å². The Labute approximate surface area is 112 Å². The Morgan fingerprint density at radius 2 is 2.00 bits per heavy atom. The Balaban J connectivity index is 1.89. The van der Waals surface area contributed by atoms with Crippen molar-refractivity contribution in [2.24, 2.45) is 5.41 Å². The smallest absolute Gasteiger partial charge is 0.331 e. The van der Waals surface area contributed by atoms with Crippen molar-refractivity contribution in [1.29, 1.82) is 0 Å². The van der Waals surface area contributed by atoms with E-state index in [1.165, 1.54) is 0 Å². The predicted octanol–water partition coefficient (Wildman–Crippen LogP) is 0.130. The molecule has 108 valence electrons. The van der Waals surface area contributed by atoms with Crippen LogP contribution in [0.2, 0.25) is 0 Å². The largest absolute Gasteiger partial charge is 0.481 e. The number of morpholine rings is 1. The standard InChI is InChI=1S/C12H21N3O4/c1-2-12(10(16)17)3-4-14(9-12)11(18)13-15-5-7-19-8-6-15/h2-9H2,1H3,(H,13,18)(H,16,17). The molecule has 0 saturated carbocycles. The van der Waals surface area contributed by atoms with E-state index in [0.29, 0.717) is 45.7 Å². The monoisotopic (exact) mass is 271 g/mol. The highest BCUT2D eigenvalue weighted by molar-refractivity contribution is 5.79. The number of ether oxygens (including phenoxy) is 1. The first kappa shape index (κ1) is 14.1. The quantitative estimate of drug-likeness (QED) is 0.762. The molecule has 0 bridgehead atoms. The molecular formula is C12H21N3O4. The molecule has 2 amide bonds. The fraction of sp³-hybridized carbons (Fsp3) is 0.833. The van der Waals surface area contributed by atoms with Crippen molar-refractivity contribution in [3.63, 3.8) is 0 Å². The highest BCUT2D eigenvalue weighted by Crippen LogP contribution is 2.34. The molecule has 0 aromatic carbocycles. The Bertz CT molecular complexity index is 357. The van der Waals surface area contributed by atoms with Crippen LogP contribution in [0.4, 0.5) is 4.79 Å². The van der Waals surface area contributed by atoms with E-state index < -0.39 is 11.4 Å². The van der Waals surface area contributed by atoms with E-state index in [2.05, 4.69) is 5.43 Å². The molecule has 2 aliphatic rings. The van der Waals surface area contributed by atoms with Crippen molar-refractivity contribution >= 4 is 12.0 Å². The van der Waals surface area contributed by atoms with Gasteiger partial charge in [0.25, 0.3) is 0 Å². The normalized spacial score (nSPS) is 28.4. The van der Waals surface area contributed by atoms with Gasteiger partial charge in [0.15, 0.2) is 0 Å². The summed E-state index contributed by atoms with van der Waals surface area (Å²) in [4.78, 5) is 25.0. The lowest BCUT2D eigenvalue weighted by molar-refractivity contribution is -0.148. The van der Waals surface area contributed by atoms with Crippen LogP contribution in [0.25, 0.3) is 0 Å². The first-order valence-electron chi connectivity index (χ1n) is 6.69. The zero-order valence-electron chi connectivity index (χ0n) is 11.2. The van der Waals surface area contributed by atoms with E-state index in [1.807, 2.05) is 11.9 Å². The summed E-state index contributed by atoms with van der Waals surface area (Å²) in [7, 11) is 0. The Hall–Kier alpha value is -1.34. The second-order valence-electron chi connectivity index (χ2n) is 5.13. The molecule has 7 heteroatoms. The van der Waals surface area contributed by atoms with Gasteiger partial charge in [0.2, 0.25) is 0 Å². The topological polar surface area (TPSA) is 82.1 Å². The Kier molecular flexibility index (Phi) is 4.26. The van der Waals surface area contributed by atoms with Crippen molar-refractivity contribution in [1.82, 2.24) is 15.3 Å². The van der Waals surface area contributed by atoms with Crippen LogP contribution in [0, 0.1) is 5.41 Å². The van der Waals surface area contributed by atoms with Gasteiger partial charge in [-0.05, 0) is 12.8 Å². The first-order chi connectivity index (χ1) is 9.07. The van der Waals surface area contributed by atoms with Crippen molar-refractivity contribution < 1.29 is 19.4 Å². The number of rotatable bonds is 3. The molecule has 0 aliphatic carbocycles. The van der Waals surface area contributed by atoms with Gasteiger partial charge in [0.1, 0.15) is 0 Å². The maximum absolute atomic E-state index is 12.1. The summed E-state index contributed by atoms with van der Waals surface area (Å²) in [5.74, 6) is -0.809. The Morgan fingerprint density at radius 1 is 1.32 bits per heavy atom. The summed E-state index contributed by atoms with van der Waals surface area (Å²) in [5, 5.41) is 11.1. The summed E-state index contributed by atoms with van der Waals surface area (Å²) < 4.78 is 5.20. The molecule has 2 N–H and O–H groups in total. The number of amides is 2. The summed E-state index contributed by atoms with van der Waals surface area (Å²) in [6.07, 6.45) is 1.07. The van der Waals surface area contributed by atoms with Crippen LogP contribution >= 0.6 is 0 Å². The summed E-state index contributed by atoms with van der Waals surface area (Å²) >= 11 is 0. The number of hydrogen-bond donors (Lipinski definition) is 2. The molecule has 0 radical (unpaired) electrons. The number of urea groups is 1. The van der Waals surface area contributed by atoms with E-state index in [0.717, 1.165) is 0 Å². The minimum absolute atomic E-state index is 0.210. The molecular weight excluding hydrogens is 250 g/mol. The minimum atomic E-state index is -0.809. The summed E-state index contributed by atoms with van der Waals surface area (Å²) in [6, 6.07) is -0.210. The van der Waals surface area contributed by atoms with Gasteiger partial charge in [-0.25, -0.2) is 9.80 Å². The number of nitrogens with one attached hydrogen (secondary N) is 1. The van der Waals surface area contributed by atoms with Gasteiger partial charge in [-0.15, -0.1) is 0 Å². The molecule has 7 nitrogen and oxygen atoms in total. The highest BCUT2D eigenvalue weighted by atomic mass is 16.5. The fourth-order valence-electron chi connectivity index (χ4n) is 2.54. The van der Waals surface area contributed by atoms with Crippen LogP contribution in [0.5, 0.6) is 0 Å². The molecule has 19 heavy (non-hydrogen) atoms. The van der Waals surface area contributed by atoms with E-state index in [4.69, 9.17) is 4.74 Å². The van der Waals surface area contributed by atoms with Crippen molar-refractivity contribution in [2.45, 2.75) is 19.8 Å². The number of hydrogen-bond acceptors (Lipinski definition) is 4. The van der Waals surface area contributed by atoms with E-state index in [9.17, 15) is 14.7 Å². The molecule has 0 aromatic rings. The molecule has 2 saturated heterocycles. The van der Waals surface area contributed by atoms with Gasteiger partial charge >= 0.3 is 12.0 Å². The zero-order valence-corrected chi connectivity index (χ0v) is 11.2. The Morgan fingerprint density at radius 3 is 2.53 bits per heavy atom. The molecule has 2 rings (SSSR count). The number of carbonyl (C=O) groups is 2. The molecule has 2 heterocycles. The van der Waals surface area contributed by atoms with Crippen LogP contribution in [0.15, 0.2) is 0 Å². The number of carboxylic acids is 1. The minimum Gasteiger partial charge on any atom is -0.481 e. The third kappa shape index (κ3) is 2.98. The van der Waals surface area contributed by atoms with E-state index in [-0.39, 0.29) is 12.6 Å². The lowest BCUT2D eigenvalue weighted by Crippen LogP contribution is -2.52. The second kappa shape index (κ2) is 5.75. The lowest BCUT2D eigenvalue weighted by Gasteiger charge is -2.29. The molecule has 2 fully saturated rings. The van der Waals surface area contributed by atoms with Gasteiger partial charge in [-0.3, -0.25) is 10.2 Å². The summed E-state index contributed by atoms with van der Waals surface area (Å²) in [5.41, 5.74) is 2.03. The number of likely N-dealkylation sites (tertiary alicyclic amines) is 1. The number of carboxylic acid groups (broad SMARTS) is 1. The SMILES string of the molecule is CCC1(C(=O)O)CCN(C(=O)NN2CCOCC2)C1. The average Bonchev–Trinajstić information content (AvgIpc) is 2.86. The van der Waals surface area contributed by atoms with Crippen LogP contribution in [0.3, 0.4) is 0 Å². The molecule has 1 atom stereocenters. The van der Waals surface area contributed by atoms with Crippen LogP contribution < -0.4 is 5.43 Å². The number of carbonyl (C=O) groups excluding carboxylic acids is 1. The summed E-state index contributed by atoms with van der Waals surface area (Å²) in [6.45, 7) is 5.18. The molecule has 0 aromatic heterocycles. The number of aliphatic carboxylic acids is 1. The molecule has 1 unspecified atom stereocenters. The third-order valence-electron chi connectivity index (χ3n) is 4.04. The van der Waals surface area contributed by atoms with E-state index >= 15 is 0 Å². The zero-order chi connectivity index (χ0) is 13.9. The lowest BCUT2D eigenvalue weighted by atomic mass is 9.84. The highest BCUT2D eigenvalue weighted by Gasteiger charge is 2.44. The molecule has 2 aliphatic heterocycles. The van der Waals surface area contributed by atoms with Crippen LogP contribution in [-0.4, -0.2) is 66.4 Å². The molecule has 0 spiro atoms. The third-order valence-corrected chi connectivity index (χ3v) is 4.04. The van der Waals surface area contributed by atoms with Gasteiger partial charge < -0.3 is 14.7 Å². The van der Waals surface area contributed by atoms with Gasteiger partial charge in [0.05, 0.1) is 18.6 Å². The van der Waals surface area contributed by atoms with Crippen molar-refractivity contribution in [3.8, 4) is 0 Å². The van der Waals surface area contributed by atoms with Gasteiger partial charge in [0, 0.05) is 26.2 Å². The number of nitrogens with zero attached hydrogens (tertiary/aromatic N) is 2. The van der Waals surface area contributed by atoms with Crippen molar-refractivity contribution in [3.05, 3.63) is 0 Å². The van der Waals surface area contributed by atoms with Crippen molar-refractivity contribution in [2.75, 3.05) is 39.4 Å². The van der Waals surface area contributed by atoms with Crippen LogP contribution in [0.1, 0.15) is 19.8 Å². The first-order valence-corrected chi connectivity index (χ1v) is 6.69. The van der Waals surface area contributed by atoms with E-state index in [1.54, 1.807) is 4.90 Å². The predicted molar refractivity (Wildman–Crippen MR) is 67.5 cm³/mol. The number of hydrazine groups is 1. The second-order valence-corrected chi connectivity index (χ2v) is 5.13. The maximum Gasteiger partial charge on any atom is 0.331 e. The van der Waals surface area contributed by atoms with Crippen LogP contribution in [-0.2, 0) is 9.53 Å². The average molecular weight is 271 g/mol. The maximum atomic E-state index is 12.1. The fourth-order valence-corrected chi connectivity index (χ4v) is 2.54. The van der Waals surface area contributed by atoms with Gasteiger partial charge in [-0.2, -0.15) is 0 Å².